The zero-order valence-corrected chi connectivity index (χ0v) is 18.6. The first-order valence-electron chi connectivity index (χ1n) is 10.2. The fourth-order valence-corrected chi connectivity index (χ4v) is 3.71. The van der Waals surface area contributed by atoms with E-state index in [1.54, 1.807) is 12.1 Å². The lowest BCUT2D eigenvalue weighted by molar-refractivity contribution is -0.123. The molecule has 4 rings (SSSR count). The summed E-state index contributed by atoms with van der Waals surface area (Å²) >= 11 is 11.6. The van der Waals surface area contributed by atoms with E-state index in [4.69, 9.17) is 32.4 Å². The molecule has 0 radical (unpaired) electrons. The summed E-state index contributed by atoms with van der Waals surface area (Å²) in [5.41, 5.74) is 0.800. The van der Waals surface area contributed by atoms with Crippen molar-refractivity contribution in [3.05, 3.63) is 58.3 Å². The Morgan fingerprint density at radius 2 is 1.97 bits per heavy atom. The van der Waals surface area contributed by atoms with Crippen molar-refractivity contribution in [1.29, 1.82) is 0 Å². The van der Waals surface area contributed by atoms with Crippen LogP contribution < -0.4 is 15.0 Å². The summed E-state index contributed by atoms with van der Waals surface area (Å²) in [5, 5.41) is 11.9. The molecular formula is C22H21Cl2FN4O3. The molecule has 0 unspecified atom stereocenters. The van der Waals surface area contributed by atoms with Gasteiger partial charge in [0.15, 0.2) is 6.61 Å². The molecule has 0 aliphatic carbocycles. The SMILES string of the molecule is O=C(COc1ccc(Cl)c(F)c1)N[C@@H]1CCCN(c2nnc(-c3ccc(Cl)cc3)o2)CC1. The minimum absolute atomic E-state index is 0.00305. The number of halogens is 3. The van der Waals surface area contributed by atoms with E-state index in [1.807, 2.05) is 17.0 Å². The largest absolute Gasteiger partial charge is 0.484 e. The predicted octanol–water partition coefficient (Wildman–Crippen LogP) is 4.74. The van der Waals surface area contributed by atoms with Crippen molar-refractivity contribution < 1.29 is 18.3 Å². The molecule has 2 heterocycles. The highest BCUT2D eigenvalue weighted by Gasteiger charge is 2.22. The number of nitrogens with one attached hydrogen (secondary N) is 1. The summed E-state index contributed by atoms with van der Waals surface area (Å²) in [4.78, 5) is 14.3. The third-order valence-electron chi connectivity index (χ3n) is 5.13. The summed E-state index contributed by atoms with van der Waals surface area (Å²) in [6.07, 6.45) is 2.39. The van der Waals surface area contributed by atoms with Crippen LogP contribution in [0.2, 0.25) is 10.0 Å². The number of ether oxygens (including phenoxy) is 1. The van der Waals surface area contributed by atoms with Gasteiger partial charge in [-0.3, -0.25) is 4.79 Å². The Hall–Kier alpha value is -2.84. The van der Waals surface area contributed by atoms with Gasteiger partial charge in [-0.2, -0.15) is 0 Å². The monoisotopic (exact) mass is 478 g/mol. The molecule has 3 aromatic rings. The normalized spacial score (nSPS) is 16.5. The van der Waals surface area contributed by atoms with E-state index in [9.17, 15) is 9.18 Å². The molecule has 1 aliphatic heterocycles. The lowest BCUT2D eigenvalue weighted by Gasteiger charge is -2.18. The van der Waals surface area contributed by atoms with Crippen molar-refractivity contribution in [2.45, 2.75) is 25.3 Å². The van der Waals surface area contributed by atoms with Crippen molar-refractivity contribution in [2.75, 3.05) is 24.6 Å². The van der Waals surface area contributed by atoms with Gasteiger partial charge in [0.1, 0.15) is 11.6 Å². The number of nitrogens with zero attached hydrogens (tertiary/aromatic N) is 3. The number of benzene rings is 2. The quantitative estimate of drug-likeness (QED) is 0.551. The summed E-state index contributed by atoms with van der Waals surface area (Å²) in [6, 6.07) is 11.7. The van der Waals surface area contributed by atoms with Crippen LogP contribution in [0.15, 0.2) is 46.9 Å². The van der Waals surface area contributed by atoms with Crippen LogP contribution in [-0.2, 0) is 4.79 Å². The van der Waals surface area contributed by atoms with Crippen LogP contribution >= 0.6 is 23.2 Å². The maximum absolute atomic E-state index is 13.5. The Labute approximate surface area is 194 Å². The molecule has 7 nitrogen and oxygen atoms in total. The maximum atomic E-state index is 13.5. The van der Waals surface area contributed by atoms with E-state index in [1.165, 1.54) is 12.1 Å². The third-order valence-corrected chi connectivity index (χ3v) is 5.69. The molecule has 1 fully saturated rings. The third kappa shape index (κ3) is 5.69. The highest BCUT2D eigenvalue weighted by Crippen LogP contribution is 2.25. The first kappa shape index (κ1) is 22.4. The Bertz CT molecular complexity index is 1080. The van der Waals surface area contributed by atoms with Gasteiger partial charge < -0.3 is 19.4 Å². The summed E-state index contributed by atoms with van der Waals surface area (Å²) in [5.74, 6) is -0.168. The molecule has 0 bridgehead atoms. The standard InChI is InChI=1S/C22H21Cl2FN4O3/c23-15-5-3-14(4-6-15)21-27-28-22(32-21)29-10-1-2-16(9-11-29)26-20(30)13-31-17-7-8-18(24)19(25)12-17/h3-8,12,16H,1-2,9-11,13H2,(H,26,30)/t16-/m1/s1. The van der Waals surface area contributed by atoms with E-state index in [2.05, 4.69) is 15.5 Å². The second kappa shape index (κ2) is 10.2. The molecule has 2 aromatic carbocycles. The molecule has 1 aromatic heterocycles. The highest BCUT2D eigenvalue weighted by molar-refractivity contribution is 6.31. The van der Waals surface area contributed by atoms with Crippen LogP contribution in [0.5, 0.6) is 5.75 Å². The molecule has 10 heteroatoms. The van der Waals surface area contributed by atoms with Crippen LogP contribution in [0.1, 0.15) is 19.3 Å². The lowest BCUT2D eigenvalue weighted by Crippen LogP contribution is -2.38. The number of rotatable bonds is 6. The topological polar surface area (TPSA) is 80.5 Å². The molecule has 1 saturated heterocycles. The Kier molecular flexibility index (Phi) is 7.12. The van der Waals surface area contributed by atoms with E-state index in [0.717, 1.165) is 37.4 Å². The highest BCUT2D eigenvalue weighted by atomic mass is 35.5. The number of aromatic nitrogens is 2. The molecule has 0 saturated carbocycles. The van der Waals surface area contributed by atoms with Gasteiger partial charge in [0.25, 0.3) is 5.91 Å². The van der Waals surface area contributed by atoms with Crippen LogP contribution in [0.3, 0.4) is 0 Å². The number of hydrogen-bond acceptors (Lipinski definition) is 6. The van der Waals surface area contributed by atoms with Crippen LogP contribution in [0.4, 0.5) is 10.4 Å². The number of amides is 1. The molecule has 1 amide bonds. The fourth-order valence-electron chi connectivity index (χ4n) is 3.47. The molecule has 168 valence electrons. The molecule has 1 aliphatic rings. The Morgan fingerprint density at radius 3 is 2.75 bits per heavy atom. The maximum Gasteiger partial charge on any atom is 0.318 e. The van der Waals surface area contributed by atoms with E-state index in [-0.39, 0.29) is 29.3 Å². The molecule has 0 spiro atoms. The van der Waals surface area contributed by atoms with Crippen LogP contribution in [-0.4, -0.2) is 41.8 Å². The van der Waals surface area contributed by atoms with Gasteiger partial charge in [0.05, 0.1) is 5.02 Å². The molecule has 1 N–H and O–H groups in total. The van der Waals surface area contributed by atoms with Gasteiger partial charge in [0, 0.05) is 35.8 Å². The van der Waals surface area contributed by atoms with E-state index < -0.39 is 5.82 Å². The van der Waals surface area contributed by atoms with Gasteiger partial charge >= 0.3 is 6.01 Å². The molecular weight excluding hydrogens is 458 g/mol. The van der Waals surface area contributed by atoms with Crippen molar-refractivity contribution in [2.24, 2.45) is 0 Å². The number of carbonyl (C=O) groups is 1. The first-order valence-corrected chi connectivity index (χ1v) is 10.9. The minimum Gasteiger partial charge on any atom is -0.484 e. The average molecular weight is 479 g/mol. The second-order valence-corrected chi connectivity index (χ2v) is 8.29. The average Bonchev–Trinajstić information content (AvgIpc) is 3.16. The fraction of sp³-hybridized carbons (Fsp3) is 0.318. The smallest absolute Gasteiger partial charge is 0.318 e. The van der Waals surface area contributed by atoms with Crippen molar-refractivity contribution in [3.8, 4) is 17.2 Å². The Morgan fingerprint density at radius 1 is 1.16 bits per heavy atom. The zero-order chi connectivity index (χ0) is 22.5. The van der Waals surface area contributed by atoms with Gasteiger partial charge in [-0.15, -0.1) is 5.10 Å². The van der Waals surface area contributed by atoms with Crippen molar-refractivity contribution in [1.82, 2.24) is 15.5 Å². The second-order valence-electron chi connectivity index (χ2n) is 7.44. The number of carbonyl (C=O) groups excluding carboxylic acids is 1. The predicted molar refractivity (Wildman–Crippen MR) is 120 cm³/mol. The number of hydrogen-bond donors (Lipinski definition) is 1. The van der Waals surface area contributed by atoms with Gasteiger partial charge in [-0.05, 0) is 55.7 Å². The van der Waals surface area contributed by atoms with E-state index in [0.29, 0.717) is 23.5 Å². The van der Waals surface area contributed by atoms with Crippen molar-refractivity contribution in [3.63, 3.8) is 0 Å². The van der Waals surface area contributed by atoms with Gasteiger partial charge in [0.2, 0.25) is 5.89 Å². The first-order chi connectivity index (χ1) is 15.5. The molecule has 1 atom stereocenters. The zero-order valence-electron chi connectivity index (χ0n) is 17.1. The summed E-state index contributed by atoms with van der Waals surface area (Å²) in [6.45, 7) is 1.21. The summed E-state index contributed by atoms with van der Waals surface area (Å²) in [7, 11) is 0. The minimum atomic E-state index is -0.589. The van der Waals surface area contributed by atoms with Crippen LogP contribution in [0, 0.1) is 5.82 Å². The lowest BCUT2D eigenvalue weighted by atomic mass is 10.1. The Balaban J connectivity index is 1.28. The number of anilines is 1. The van der Waals surface area contributed by atoms with Crippen molar-refractivity contribution >= 4 is 35.1 Å². The van der Waals surface area contributed by atoms with E-state index >= 15 is 0 Å². The van der Waals surface area contributed by atoms with Crippen LogP contribution in [0.25, 0.3) is 11.5 Å². The summed E-state index contributed by atoms with van der Waals surface area (Å²) < 4.78 is 24.7. The van der Waals surface area contributed by atoms with Gasteiger partial charge in [-0.25, -0.2) is 4.39 Å². The molecule has 32 heavy (non-hydrogen) atoms. The van der Waals surface area contributed by atoms with Gasteiger partial charge in [-0.1, -0.05) is 28.3 Å².